The van der Waals surface area contributed by atoms with Gasteiger partial charge in [0.15, 0.2) is 0 Å². The molecule has 2 aliphatic rings. The molecule has 0 aromatic carbocycles. The number of carbonyl (C=O) groups is 2. The van der Waals surface area contributed by atoms with Crippen LogP contribution < -0.4 is 10.6 Å². The molecule has 2 rings (SSSR count). The molecule has 0 aliphatic carbocycles. The minimum Gasteiger partial charge on any atom is -0.354 e. The fraction of sp³-hybridized carbons (Fsp3) is 0.742. The molecular weight excluding hydrogens is 561 g/mol. The second kappa shape index (κ2) is 22.2. The molecule has 2 N–H and O–H groups in total. The van der Waals surface area contributed by atoms with Crippen LogP contribution in [0.15, 0.2) is 29.6 Å². The van der Waals surface area contributed by atoms with E-state index in [1.54, 1.807) is 35.3 Å². The number of hydrogen-bond acceptors (Lipinski definition) is 6. The number of nitrogens with one attached hydrogen (secondary N) is 2. The Labute approximate surface area is 256 Å². The summed E-state index contributed by atoms with van der Waals surface area (Å²) in [5.74, 6) is -0.117. The quantitative estimate of drug-likeness (QED) is 0.119. The number of hydrogen-bond donors (Lipinski definition) is 2. The third-order valence-electron chi connectivity index (χ3n) is 7.38. The van der Waals surface area contributed by atoms with Crippen molar-refractivity contribution in [3.8, 4) is 0 Å². The summed E-state index contributed by atoms with van der Waals surface area (Å²) < 4.78 is 2.37. The largest absolute Gasteiger partial charge is 0.354 e. The van der Waals surface area contributed by atoms with Gasteiger partial charge in [-0.3, -0.25) is 9.59 Å². The Hall–Kier alpha value is -0.440. The number of amides is 2. The zero-order valence-corrected chi connectivity index (χ0v) is 27.8. The Morgan fingerprint density at radius 2 is 1.23 bits per heavy atom. The van der Waals surface area contributed by atoms with Crippen LogP contribution in [0.1, 0.15) is 130 Å². The third kappa shape index (κ3) is 14.8. The van der Waals surface area contributed by atoms with Gasteiger partial charge in [-0.2, -0.15) is 0 Å². The van der Waals surface area contributed by atoms with Gasteiger partial charge >= 0.3 is 0 Å². The average Bonchev–Trinajstić information content (AvgIpc) is 3.65. The van der Waals surface area contributed by atoms with E-state index in [2.05, 4.69) is 35.3 Å². The summed E-state index contributed by atoms with van der Waals surface area (Å²) in [6, 6.07) is -0.497. The maximum atomic E-state index is 12.9. The summed E-state index contributed by atoms with van der Waals surface area (Å²) in [6.45, 7) is 7.07. The fourth-order valence-electron chi connectivity index (χ4n) is 4.66. The van der Waals surface area contributed by atoms with Crippen LogP contribution in [0.2, 0.25) is 0 Å². The monoisotopic (exact) mass is 612 g/mol. The first-order chi connectivity index (χ1) is 19.1. The molecule has 0 aromatic rings. The number of rotatable bonds is 22. The summed E-state index contributed by atoms with van der Waals surface area (Å²) >= 11 is 6.50. The van der Waals surface area contributed by atoms with Gasteiger partial charge in [0, 0.05) is 6.54 Å². The normalized spacial score (nSPS) is 16.4. The molecule has 0 bridgehead atoms. The van der Waals surface area contributed by atoms with Crippen molar-refractivity contribution in [1.29, 1.82) is 0 Å². The van der Waals surface area contributed by atoms with Crippen LogP contribution >= 0.6 is 47.0 Å². The van der Waals surface area contributed by atoms with E-state index in [-0.39, 0.29) is 17.7 Å². The predicted octanol–water partition coefficient (Wildman–Crippen LogP) is 10.3. The Morgan fingerprint density at radius 3 is 1.74 bits per heavy atom. The van der Waals surface area contributed by atoms with Crippen molar-refractivity contribution in [1.82, 2.24) is 10.6 Å². The van der Waals surface area contributed by atoms with Gasteiger partial charge in [0.05, 0.1) is 13.4 Å². The van der Waals surface area contributed by atoms with Gasteiger partial charge < -0.3 is 10.6 Å². The van der Waals surface area contributed by atoms with Crippen LogP contribution in [0.3, 0.4) is 0 Å². The molecule has 2 atom stereocenters. The number of carbonyl (C=O) groups excluding carboxylic acids is 2. The zero-order valence-electron chi connectivity index (χ0n) is 24.6. The smallest absolute Gasteiger partial charge is 0.259 e. The van der Waals surface area contributed by atoms with Gasteiger partial charge in [-0.15, -0.1) is 0 Å². The molecular formula is C31H52N2O2S4. The van der Waals surface area contributed by atoms with Crippen LogP contribution in [-0.4, -0.2) is 24.4 Å². The van der Waals surface area contributed by atoms with Gasteiger partial charge in [-0.05, 0) is 28.6 Å². The molecule has 0 saturated carbocycles. The van der Waals surface area contributed by atoms with Gasteiger partial charge in [-0.25, -0.2) is 0 Å². The molecule has 222 valence electrons. The Kier molecular flexibility index (Phi) is 19.8. The first kappa shape index (κ1) is 34.8. The number of thioether (sulfide) groups is 4. The van der Waals surface area contributed by atoms with E-state index in [1.165, 1.54) is 106 Å². The lowest BCUT2D eigenvalue weighted by atomic mass is 9.98. The van der Waals surface area contributed by atoms with Crippen molar-refractivity contribution >= 4 is 58.9 Å². The van der Waals surface area contributed by atoms with Gasteiger partial charge in [0.25, 0.3) is 5.91 Å². The molecule has 0 fully saturated rings. The van der Waals surface area contributed by atoms with Crippen molar-refractivity contribution in [2.45, 2.75) is 136 Å². The minimum absolute atomic E-state index is 0.0559. The van der Waals surface area contributed by atoms with Gasteiger partial charge in [0.1, 0.15) is 6.04 Å². The Bertz CT molecular complexity index is 802. The van der Waals surface area contributed by atoms with Crippen LogP contribution in [0.4, 0.5) is 0 Å². The van der Waals surface area contributed by atoms with E-state index in [0.717, 1.165) is 23.5 Å². The Balaban J connectivity index is 1.50. The summed E-state index contributed by atoms with van der Waals surface area (Å²) in [6.07, 6.45) is 22.3. The highest BCUT2D eigenvalue weighted by Gasteiger charge is 2.29. The van der Waals surface area contributed by atoms with Crippen molar-refractivity contribution in [3.05, 3.63) is 29.6 Å². The standard InChI is InChI=1S/C31H52N2O2S4/c1-4-6-7-8-9-10-11-12-13-14-15-16-17-18-19-20-21-32-29(35)27(25(3)5-2)33-28(34)26-24-38-31(39-26)30-36-22-23-37-30/h22-25,27H,4-21H2,1-3H3,(H,32,35)(H,33,34). The van der Waals surface area contributed by atoms with Crippen molar-refractivity contribution < 1.29 is 9.59 Å². The molecule has 2 aliphatic heterocycles. The van der Waals surface area contributed by atoms with Crippen LogP contribution in [-0.2, 0) is 9.59 Å². The lowest BCUT2D eigenvalue weighted by Gasteiger charge is -2.23. The first-order valence-electron chi connectivity index (χ1n) is 15.4. The maximum absolute atomic E-state index is 12.9. The highest BCUT2D eigenvalue weighted by atomic mass is 32.2. The summed E-state index contributed by atoms with van der Waals surface area (Å²) in [7, 11) is 0. The number of unbranched alkanes of at least 4 members (excludes halogenated alkanes) is 15. The third-order valence-corrected chi connectivity index (χ3v) is 12.4. The topological polar surface area (TPSA) is 58.2 Å². The first-order valence-corrected chi connectivity index (χ1v) is 18.9. The predicted molar refractivity (Wildman–Crippen MR) is 179 cm³/mol. The highest BCUT2D eigenvalue weighted by Crippen LogP contribution is 2.53. The fourth-order valence-corrected chi connectivity index (χ4v) is 9.01. The van der Waals surface area contributed by atoms with E-state index in [1.807, 2.05) is 12.3 Å². The van der Waals surface area contributed by atoms with Crippen molar-refractivity contribution in [3.63, 3.8) is 0 Å². The highest BCUT2D eigenvalue weighted by molar-refractivity contribution is 8.33. The zero-order chi connectivity index (χ0) is 28.1. The van der Waals surface area contributed by atoms with E-state index in [9.17, 15) is 9.59 Å². The summed E-state index contributed by atoms with van der Waals surface area (Å²) in [5, 5.41) is 12.1. The van der Waals surface area contributed by atoms with Crippen molar-refractivity contribution in [2.24, 2.45) is 5.92 Å². The molecule has 8 heteroatoms. The molecule has 2 heterocycles. The lowest BCUT2D eigenvalue weighted by molar-refractivity contribution is -0.128. The van der Waals surface area contributed by atoms with Gasteiger partial charge in [-0.1, -0.05) is 171 Å². The second-order valence-electron chi connectivity index (χ2n) is 10.7. The molecule has 39 heavy (non-hydrogen) atoms. The molecule has 2 unspecified atom stereocenters. The van der Waals surface area contributed by atoms with Gasteiger partial charge in [0.2, 0.25) is 5.91 Å². The van der Waals surface area contributed by atoms with Crippen LogP contribution in [0.25, 0.3) is 0 Å². The second-order valence-corrected chi connectivity index (χ2v) is 15.0. The molecule has 0 saturated heterocycles. The van der Waals surface area contributed by atoms with Crippen LogP contribution in [0.5, 0.6) is 0 Å². The molecule has 0 radical (unpaired) electrons. The van der Waals surface area contributed by atoms with E-state index >= 15 is 0 Å². The average molecular weight is 613 g/mol. The summed E-state index contributed by atoms with van der Waals surface area (Å²) in [4.78, 5) is 26.6. The Morgan fingerprint density at radius 1 is 0.718 bits per heavy atom. The minimum atomic E-state index is -0.497. The SMILES string of the molecule is CCCCCCCCCCCCCCCCCCNC(=O)C(NC(=O)C1=CSC(=C2SC=CS2)S1)C(C)CC. The molecule has 0 spiro atoms. The summed E-state index contributed by atoms with van der Waals surface area (Å²) in [5.41, 5.74) is 0. The van der Waals surface area contributed by atoms with E-state index in [0.29, 0.717) is 11.4 Å². The van der Waals surface area contributed by atoms with E-state index < -0.39 is 6.04 Å². The molecule has 0 aromatic heterocycles. The van der Waals surface area contributed by atoms with Crippen molar-refractivity contribution in [2.75, 3.05) is 6.54 Å². The van der Waals surface area contributed by atoms with Crippen LogP contribution in [0, 0.1) is 5.92 Å². The molecule has 4 nitrogen and oxygen atoms in total. The lowest BCUT2D eigenvalue weighted by Crippen LogP contribution is -2.50. The maximum Gasteiger partial charge on any atom is 0.259 e. The molecule has 2 amide bonds. The van der Waals surface area contributed by atoms with E-state index in [4.69, 9.17) is 0 Å².